The minimum Gasteiger partial charge on any atom is -0.365 e. The molecule has 2 rings (SSSR count). The SMILES string of the molecule is C=C.C=C(C)C(O)O.CC[C@H]1[C@H](C)CCC2[C@H](C)CC[C@H]2C1(C)C. The number of aliphatic hydroxyl groups excluding tert-OH is 1. The average Bonchev–Trinajstić information content (AvgIpc) is 2.85. The van der Waals surface area contributed by atoms with Crippen LogP contribution in [0.3, 0.4) is 0 Å². The lowest BCUT2D eigenvalue weighted by Crippen LogP contribution is -2.35. The van der Waals surface area contributed by atoms with E-state index in [9.17, 15) is 0 Å². The highest BCUT2D eigenvalue weighted by atomic mass is 16.5. The zero-order valence-corrected chi connectivity index (χ0v) is 17.0. The molecule has 2 aliphatic rings. The molecule has 1 unspecified atom stereocenters. The van der Waals surface area contributed by atoms with Crippen LogP contribution in [-0.2, 0) is 0 Å². The summed E-state index contributed by atoms with van der Waals surface area (Å²) in [7, 11) is 0. The van der Waals surface area contributed by atoms with Crippen molar-refractivity contribution in [3.05, 3.63) is 25.3 Å². The van der Waals surface area contributed by atoms with E-state index in [-0.39, 0.29) is 0 Å². The lowest BCUT2D eigenvalue weighted by atomic mass is 9.63. The summed E-state index contributed by atoms with van der Waals surface area (Å²) in [5.41, 5.74) is 0.954. The van der Waals surface area contributed by atoms with Crippen LogP contribution in [0.1, 0.15) is 73.6 Å². The predicted molar refractivity (Wildman–Crippen MR) is 106 cm³/mol. The van der Waals surface area contributed by atoms with Gasteiger partial charge in [0.05, 0.1) is 0 Å². The van der Waals surface area contributed by atoms with Gasteiger partial charge in [0.2, 0.25) is 0 Å². The van der Waals surface area contributed by atoms with E-state index in [1.54, 1.807) is 6.92 Å². The van der Waals surface area contributed by atoms with Crippen LogP contribution in [0.25, 0.3) is 0 Å². The van der Waals surface area contributed by atoms with Crippen LogP contribution < -0.4 is 0 Å². The summed E-state index contributed by atoms with van der Waals surface area (Å²) in [5, 5.41) is 16.2. The van der Waals surface area contributed by atoms with E-state index >= 15 is 0 Å². The van der Waals surface area contributed by atoms with Crippen LogP contribution >= 0.6 is 0 Å². The number of rotatable bonds is 2. The van der Waals surface area contributed by atoms with Crippen LogP contribution in [-0.4, -0.2) is 16.5 Å². The van der Waals surface area contributed by atoms with Crippen molar-refractivity contribution < 1.29 is 10.2 Å². The molecule has 24 heavy (non-hydrogen) atoms. The first-order valence-corrected chi connectivity index (χ1v) is 9.64. The lowest BCUT2D eigenvalue weighted by molar-refractivity contribution is -0.00725. The van der Waals surface area contributed by atoms with E-state index < -0.39 is 6.29 Å². The quantitative estimate of drug-likeness (QED) is 0.493. The molecule has 2 N–H and O–H groups in total. The molecule has 2 heteroatoms. The Kier molecular flexibility index (Phi) is 10.1. The molecule has 2 fully saturated rings. The zero-order valence-electron chi connectivity index (χ0n) is 17.0. The van der Waals surface area contributed by atoms with Crippen molar-refractivity contribution in [2.45, 2.75) is 79.9 Å². The minimum absolute atomic E-state index is 0.370. The molecular weight excluding hydrogens is 296 g/mol. The van der Waals surface area contributed by atoms with Crippen molar-refractivity contribution >= 4 is 0 Å². The molecule has 2 aliphatic carbocycles. The maximum Gasteiger partial charge on any atom is 0.173 e. The molecule has 0 bridgehead atoms. The van der Waals surface area contributed by atoms with Gasteiger partial charge in [-0.2, -0.15) is 0 Å². The second kappa shape index (κ2) is 10.4. The van der Waals surface area contributed by atoms with Gasteiger partial charge in [-0.1, -0.05) is 60.5 Å². The van der Waals surface area contributed by atoms with Gasteiger partial charge in [0.25, 0.3) is 0 Å². The van der Waals surface area contributed by atoms with Crippen molar-refractivity contribution in [2.24, 2.45) is 35.0 Å². The Balaban J connectivity index is 0.000000563. The lowest BCUT2D eigenvalue weighted by Gasteiger charge is -2.42. The summed E-state index contributed by atoms with van der Waals surface area (Å²) in [6, 6.07) is 0. The second-order valence-electron chi connectivity index (χ2n) is 8.44. The van der Waals surface area contributed by atoms with Crippen molar-refractivity contribution in [1.29, 1.82) is 0 Å². The van der Waals surface area contributed by atoms with Crippen LogP contribution in [0.5, 0.6) is 0 Å². The Morgan fingerprint density at radius 1 is 1.04 bits per heavy atom. The highest BCUT2D eigenvalue weighted by Gasteiger charge is 2.48. The fourth-order valence-corrected chi connectivity index (χ4v) is 5.27. The number of hydrogen-bond acceptors (Lipinski definition) is 2. The molecule has 0 saturated heterocycles. The highest BCUT2D eigenvalue weighted by Crippen LogP contribution is 2.56. The Hall–Kier alpha value is -0.600. The molecular formula is C22H42O2. The Morgan fingerprint density at radius 3 is 1.92 bits per heavy atom. The van der Waals surface area contributed by atoms with E-state index in [1.165, 1.54) is 32.1 Å². The van der Waals surface area contributed by atoms with Gasteiger partial charge >= 0.3 is 0 Å². The fourth-order valence-electron chi connectivity index (χ4n) is 5.27. The average molecular weight is 339 g/mol. The largest absolute Gasteiger partial charge is 0.365 e. The molecule has 142 valence electrons. The maximum atomic E-state index is 8.09. The smallest absolute Gasteiger partial charge is 0.173 e. The van der Waals surface area contributed by atoms with Crippen LogP contribution in [0.2, 0.25) is 0 Å². The van der Waals surface area contributed by atoms with Gasteiger partial charge in [0, 0.05) is 0 Å². The molecule has 0 radical (unpaired) electrons. The molecule has 0 amide bonds. The summed E-state index contributed by atoms with van der Waals surface area (Å²) >= 11 is 0. The van der Waals surface area contributed by atoms with E-state index in [1.807, 2.05) is 0 Å². The van der Waals surface area contributed by atoms with Gasteiger partial charge in [-0.3, -0.25) is 0 Å². The molecule has 0 aromatic rings. The molecule has 2 nitrogen and oxygen atoms in total. The van der Waals surface area contributed by atoms with Crippen LogP contribution in [0.4, 0.5) is 0 Å². The third kappa shape index (κ3) is 5.74. The van der Waals surface area contributed by atoms with E-state index in [4.69, 9.17) is 10.2 Å². The summed E-state index contributed by atoms with van der Waals surface area (Å²) in [6.07, 6.45) is 6.02. The fraction of sp³-hybridized carbons (Fsp3) is 0.818. The number of hydrogen-bond donors (Lipinski definition) is 2. The third-order valence-electron chi connectivity index (χ3n) is 6.61. The Labute approximate surface area is 151 Å². The molecule has 2 saturated carbocycles. The maximum absolute atomic E-state index is 8.09. The number of aliphatic hydroxyl groups is 2. The molecule has 0 aromatic carbocycles. The first-order valence-electron chi connectivity index (χ1n) is 9.64. The topological polar surface area (TPSA) is 40.5 Å². The molecule has 0 spiro atoms. The number of fused-ring (bicyclic) bond motifs is 1. The Morgan fingerprint density at radius 2 is 1.50 bits per heavy atom. The molecule has 0 aromatic heterocycles. The monoisotopic (exact) mass is 338 g/mol. The van der Waals surface area contributed by atoms with Crippen LogP contribution in [0, 0.1) is 35.0 Å². The zero-order chi connectivity index (χ0) is 19.1. The summed E-state index contributed by atoms with van der Waals surface area (Å²) in [5.74, 6) is 4.93. The van der Waals surface area contributed by atoms with Gasteiger partial charge in [-0.05, 0) is 60.3 Å². The highest BCUT2D eigenvalue weighted by molar-refractivity contribution is 4.97. The molecule has 0 aliphatic heterocycles. The van der Waals surface area contributed by atoms with Crippen molar-refractivity contribution in [1.82, 2.24) is 0 Å². The van der Waals surface area contributed by atoms with Gasteiger partial charge in [0.1, 0.15) is 0 Å². The van der Waals surface area contributed by atoms with Gasteiger partial charge < -0.3 is 10.2 Å². The van der Waals surface area contributed by atoms with Gasteiger partial charge in [0.15, 0.2) is 6.29 Å². The molecule has 5 atom stereocenters. The van der Waals surface area contributed by atoms with E-state index in [0.29, 0.717) is 11.0 Å². The summed E-state index contributed by atoms with van der Waals surface area (Å²) in [6.45, 7) is 23.3. The van der Waals surface area contributed by atoms with Crippen molar-refractivity contribution in [3.63, 3.8) is 0 Å². The molecule has 0 heterocycles. The normalized spacial score (nSPS) is 34.1. The summed E-state index contributed by atoms with van der Waals surface area (Å²) < 4.78 is 0. The van der Waals surface area contributed by atoms with E-state index in [0.717, 1.165) is 29.6 Å². The summed E-state index contributed by atoms with van der Waals surface area (Å²) in [4.78, 5) is 0. The predicted octanol–water partition coefficient (Wildman–Crippen LogP) is 5.81. The van der Waals surface area contributed by atoms with E-state index in [2.05, 4.69) is 54.4 Å². The third-order valence-corrected chi connectivity index (χ3v) is 6.61. The van der Waals surface area contributed by atoms with Crippen molar-refractivity contribution in [2.75, 3.05) is 0 Å². The van der Waals surface area contributed by atoms with Gasteiger partial charge in [-0.25, -0.2) is 0 Å². The first-order chi connectivity index (χ1) is 11.1. The van der Waals surface area contributed by atoms with Gasteiger partial charge in [-0.15, -0.1) is 13.2 Å². The minimum atomic E-state index is -1.34. The van der Waals surface area contributed by atoms with Crippen molar-refractivity contribution in [3.8, 4) is 0 Å². The Bertz CT molecular complexity index is 372. The standard InChI is InChI=1S/C16H30.C4H8O2.C2H4/c1-6-14-12(3)7-9-13-11(2)8-10-15(13)16(14,4)5;1-3(2)4(5)6;1-2/h11-15H,6-10H2,1-5H3;4-6H,1H2,2H3;1-2H2/t11-,12-,13?,14+,15-;;/m1../s1. The van der Waals surface area contributed by atoms with Crippen LogP contribution in [0.15, 0.2) is 25.3 Å². The first kappa shape index (κ1) is 23.4. The second-order valence-corrected chi connectivity index (χ2v) is 8.44.